The molecule has 6 heterocycles. The number of amides is 1. The molecular formula is C40H54IN8O5-. The van der Waals surface area contributed by atoms with Crippen LogP contribution in [0.15, 0.2) is 60.9 Å². The first kappa shape index (κ1) is 41.5. The molecule has 0 saturated heterocycles. The van der Waals surface area contributed by atoms with Crippen LogP contribution in [0.5, 0.6) is 0 Å². The van der Waals surface area contributed by atoms with Crippen molar-refractivity contribution in [1.29, 1.82) is 0 Å². The summed E-state index contributed by atoms with van der Waals surface area (Å²) in [5, 5.41) is 31.3. The van der Waals surface area contributed by atoms with Crippen LogP contribution in [0.2, 0.25) is 0 Å². The Kier molecular flexibility index (Phi) is 15.6. The summed E-state index contributed by atoms with van der Waals surface area (Å²) < 4.78 is 4.01. The van der Waals surface area contributed by atoms with Gasteiger partial charge in [-0.1, -0.05) is 48.5 Å². The maximum atomic E-state index is 12.3. The average molecular weight is 854 g/mol. The molecule has 8 rings (SSSR count). The van der Waals surface area contributed by atoms with Crippen molar-refractivity contribution in [3.8, 4) is 0 Å². The Bertz CT molecular complexity index is 1780. The lowest BCUT2D eigenvalue weighted by molar-refractivity contribution is -0.0000376. The van der Waals surface area contributed by atoms with E-state index >= 15 is 0 Å². The number of hydrogen-bond donors (Lipinski definition) is 5. The molecule has 292 valence electrons. The van der Waals surface area contributed by atoms with Crippen molar-refractivity contribution in [3.05, 3.63) is 106 Å². The Morgan fingerprint density at radius 2 is 1.17 bits per heavy atom. The number of aliphatic hydroxyl groups is 2. The van der Waals surface area contributed by atoms with Crippen molar-refractivity contribution >= 4 is 11.9 Å². The van der Waals surface area contributed by atoms with E-state index < -0.39 is 18.2 Å². The number of aromatic carboxylic acids is 1. The molecule has 4 aliphatic heterocycles. The van der Waals surface area contributed by atoms with Gasteiger partial charge in [0.2, 0.25) is 0 Å². The van der Waals surface area contributed by atoms with Gasteiger partial charge >= 0.3 is 5.97 Å². The van der Waals surface area contributed by atoms with Gasteiger partial charge in [0.15, 0.2) is 5.69 Å². The van der Waals surface area contributed by atoms with E-state index in [-0.39, 0.29) is 42.1 Å². The predicted molar refractivity (Wildman–Crippen MR) is 202 cm³/mol. The molecule has 0 saturated carbocycles. The van der Waals surface area contributed by atoms with Gasteiger partial charge in [-0.2, -0.15) is 0 Å². The number of aromatic nitrogens is 4. The standard InChI is InChI=1S/C20H26N4O2.C12H18N2O.C8H10N2O2.HI/c25-17(13-23-10-8-15-5-1-2-6-16(15)12-23)11-21-20(26)18-14-24-9-4-3-7-19(24)22-18;13-7-12(15)9-14-6-5-10-3-1-2-4-11(10)8-14;11-8(12)6-5-10-4-2-1-3-7(10)9-6;/h1-2,5-6,14,17,25H,3-4,7-13H2,(H,21,26);1-4,12,15H,5-9,13H2;5H,1-4H2,(H,11,12);1H/p-1. The topological polar surface area (TPSA) is 175 Å². The highest BCUT2D eigenvalue weighted by Gasteiger charge is 2.21. The van der Waals surface area contributed by atoms with Crippen molar-refractivity contribution in [2.24, 2.45) is 5.73 Å². The van der Waals surface area contributed by atoms with E-state index in [0.717, 1.165) is 102 Å². The summed E-state index contributed by atoms with van der Waals surface area (Å²) in [5.74, 6) is 0.777. The number of aliphatic hydroxyl groups excluding tert-OH is 2. The van der Waals surface area contributed by atoms with Gasteiger partial charge in [-0.15, -0.1) is 0 Å². The van der Waals surface area contributed by atoms with Crippen LogP contribution in [-0.4, -0.2) is 108 Å². The number of imidazole rings is 2. The average Bonchev–Trinajstić information content (AvgIpc) is 3.83. The number of carbonyl (C=O) groups is 2. The first-order valence-electron chi connectivity index (χ1n) is 19.0. The summed E-state index contributed by atoms with van der Waals surface area (Å²) >= 11 is 0. The zero-order valence-corrected chi connectivity index (χ0v) is 33.1. The van der Waals surface area contributed by atoms with Crippen LogP contribution in [0.4, 0.5) is 0 Å². The lowest BCUT2D eigenvalue weighted by Crippen LogP contribution is -3.00. The molecule has 0 spiro atoms. The van der Waals surface area contributed by atoms with E-state index in [1.54, 1.807) is 6.20 Å². The number of carboxylic acid groups (broad SMARTS) is 1. The molecule has 0 radical (unpaired) electrons. The number of benzene rings is 2. The number of nitrogens with two attached hydrogens (primary N) is 1. The van der Waals surface area contributed by atoms with Crippen LogP contribution in [0, 0.1) is 0 Å². The number of carboxylic acids is 1. The van der Waals surface area contributed by atoms with Gasteiger partial charge in [-0.25, -0.2) is 14.8 Å². The minimum atomic E-state index is -0.933. The Balaban J connectivity index is 0.000000170. The number of rotatable bonds is 9. The minimum Gasteiger partial charge on any atom is -1.00 e. The number of halogens is 1. The number of nitrogens with one attached hydrogen (secondary N) is 1. The van der Waals surface area contributed by atoms with Gasteiger partial charge in [0.05, 0.1) is 12.2 Å². The second-order valence-corrected chi connectivity index (χ2v) is 14.5. The van der Waals surface area contributed by atoms with E-state index in [9.17, 15) is 19.8 Å². The van der Waals surface area contributed by atoms with Gasteiger partial charge in [0, 0.05) is 90.7 Å². The molecular weight excluding hydrogens is 799 g/mol. The molecule has 2 aromatic carbocycles. The molecule has 14 heteroatoms. The van der Waals surface area contributed by atoms with Crippen LogP contribution in [-0.2, 0) is 51.9 Å². The third kappa shape index (κ3) is 11.4. The summed E-state index contributed by atoms with van der Waals surface area (Å²) in [6.45, 7) is 7.45. The summed E-state index contributed by atoms with van der Waals surface area (Å²) in [5.41, 5.74) is 11.6. The van der Waals surface area contributed by atoms with E-state index in [1.807, 2.05) is 10.8 Å². The number of aryl methyl sites for hydroxylation is 4. The number of nitrogens with zero attached hydrogens (tertiary/aromatic N) is 6. The van der Waals surface area contributed by atoms with E-state index in [2.05, 4.69) is 78.2 Å². The summed E-state index contributed by atoms with van der Waals surface area (Å²) in [6.07, 6.45) is 10.9. The molecule has 2 atom stereocenters. The van der Waals surface area contributed by atoms with Crippen molar-refractivity contribution < 1.29 is 48.9 Å². The number of carbonyl (C=O) groups excluding carboxylic acids is 1. The largest absolute Gasteiger partial charge is 1.00 e. The fourth-order valence-electron chi connectivity index (χ4n) is 7.49. The maximum Gasteiger partial charge on any atom is 0.356 e. The first-order chi connectivity index (χ1) is 25.7. The van der Waals surface area contributed by atoms with Gasteiger partial charge < -0.3 is 59.5 Å². The summed E-state index contributed by atoms with van der Waals surface area (Å²) in [7, 11) is 0. The van der Waals surface area contributed by atoms with Gasteiger partial charge in [0.1, 0.15) is 17.3 Å². The van der Waals surface area contributed by atoms with Crippen molar-refractivity contribution in [2.75, 3.05) is 39.3 Å². The quantitative estimate of drug-likeness (QED) is 0.140. The zero-order chi connectivity index (χ0) is 37.2. The lowest BCUT2D eigenvalue weighted by Gasteiger charge is -2.30. The summed E-state index contributed by atoms with van der Waals surface area (Å²) in [4.78, 5) is 35.8. The van der Waals surface area contributed by atoms with Gasteiger partial charge in [0.25, 0.3) is 5.91 Å². The predicted octanol–water partition coefficient (Wildman–Crippen LogP) is -0.346. The highest BCUT2D eigenvalue weighted by Crippen LogP contribution is 2.20. The fraction of sp³-hybridized carbons (Fsp3) is 0.500. The molecule has 0 aliphatic carbocycles. The Hall–Kier alpha value is -3.67. The first-order valence-corrected chi connectivity index (χ1v) is 19.0. The molecule has 2 aromatic heterocycles. The maximum absolute atomic E-state index is 12.3. The van der Waals surface area contributed by atoms with E-state index in [1.165, 1.54) is 22.3 Å². The molecule has 6 N–H and O–H groups in total. The highest BCUT2D eigenvalue weighted by atomic mass is 127. The molecule has 2 unspecified atom stereocenters. The fourth-order valence-corrected chi connectivity index (χ4v) is 7.49. The highest BCUT2D eigenvalue weighted by molar-refractivity contribution is 5.92. The van der Waals surface area contributed by atoms with Crippen molar-refractivity contribution in [3.63, 3.8) is 0 Å². The van der Waals surface area contributed by atoms with Gasteiger partial charge in [-0.05, 0) is 60.8 Å². The Labute approximate surface area is 334 Å². The normalized spacial score (nSPS) is 17.3. The molecule has 4 aromatic rings. The third-order valence-corrected chi connectivity index (χ3v) is 10.4. The van der Waals surface area contributed by atoms with Crippen LogP contribution < -0.4 is 35.0 Å². The monoisotopic (exact) mass is 853 g/mol. The number of hydrogen-bond acceptors (Lipinski definition) is 9. The summed E-state index contributed by atoms with van der Waals surface area (Å²) in [6, 6.07) is 17.0. The SMILES string of the molecule is NCC(O)CN1CCc2ccccc2C1.O=C(NCC(O)CN1CCc2ccccc2C1)c1cn2c(n1)CCCC2.O=C(O)c1cn2c(n1)CCCC2.[I-]. The second kappa shape index (κ2) is 20.3. The smallest absolute Gasteiger partial charge is 0.356 e. The zero-order valence-electron chi connectivity index (χ0n) is 31.0. The second-order valence-electron chi connectivity index (χ2n) is 14.5. The molecule has 13 nitrogen and oxygen atoms in total. The molecule has 0 bridgehead atoms. The van der Waals surface area contributed by atoms with Crippen molar-refractivity contribution in [2.45, 2.75) is 89.8 Å². The van der Waals surface area contributed by atoms with Gasteiger partial charge in [-0.3, -0.25) is 14.6 Å². The molecule has 1 amide bonds. The molecule has 4 aliphatic rings. The van der Waals surface area contributed by atoms with Crippen LogP contribution in [0.1, 0.15) is 80.6 Å². The number of β-amino-alcohol motifs (C(OH)–C–C–N with tert-alkyl or cyclic N) is 2. The Morgan fingerprint density at radius 1 is 0.685 bits per heavy atom. The minimum absolute atomic E-state index is 0. The lowest BCUT2D eigenvalue weighted by atomic mass is 10.00. The van der Waals surface area contributed by atoms with Crippen LogP contribution in [0.3, 0.4) is 0 Å². The molecule has 0 fully saturated rings. The van der Waals surface area contributed by atoms with Crippen LogP contribution in [0.25, 0.3) is 0 Å². The van der Waals surface area contributed by atoms with E-state index in [4.69, 9.17) is 10.8 Å². The Morgan fingerprint density at radius 3 is 1.67 bits per heavy atom. The van der Waals surface area contributed by atoms with Crippen molar-refractivity contribution in [1.82, 2.24) is 34.2 Å². The van der Waals surface area contributed by atoms with Crippen LogP contribution >= 0.6 is 0 Å². The van der Waals surface area contributed by atoms with E-state index in [0.29, 0.717) is 25.3 Å². The number of fused-ring (bicyclic) bond motifs is 4. The third-order valence-electron chi connectivity index (χ3n) is 10.4. The molecule has 54 heavy (non-hydrogen) atoms.